The molecule has 1 aromatic carbocycles. The highest BCUT2D eigenvalue weighted by atomic mass is 16.5. The number of anilines is 1. The second kappa shape index (κ2) is 5.80. The molecule has 23 heavy (non-hydrogen) atoms. The highest BCUT2D eigenvalue weighted by Crippen LogP contribution is 2.24. The van der Waals surface area contributed by atoms with E-state index >= 15 is 0 Å². The Labute approximate surface area is 131 Å². The van der Waals surface area contributed by atoms with Gasteiger partial charge >= 0.3 is 6.03 Å². The highest BCUT2D eigenvalue weighted by Gasteiger charge is 2.36. The average Bonchev–Trinajstić information content (AvgIpc) is 3.05. The number of methoxy groups -OCH3 is 1. The summed E-state index contributed by atoms with van der Waals surface area (Å²) >= 11 is 0. The van der Waals surface area contributed by atoms with Crippen molar-refractivity contribution >= 4 is 29.6 Å². The summed E-state index contributed by atoms with van der Waals surface area (Å²) < 4.78 is 9.94. The number of carbonyl (C=O) groups is 3. The van der Waals surface area contributed by atoms with Gasteiger partial charge in [-0.25, -0.2) is 9.69 Å². The molecule has 0 atom stereocenters. The molecule has 1 aromatic heterocycles. The third-order valence-corrected chi connectivity index (χ3v) is 3.29. The fourth-order valence-corrected chi connectivity index (χ4v) is 2.15. The van der Waals surface area contributed by atoms with E-state index in [2.05, 4.69) is 5.32 Å². The predicted molar refractivity (Wildman–Crippen MR) is 80.7 cm³/mol. The lowest BCUT2D eigenvalue weighted by molar-refractivity contribution is -0.122. The number of barbiturate groups is 1. The Morgan fingerprint density at radius 1 is 1.13 bits per heavy atom. The Hall–Kier alpha value is -3.35. The molecule has 116 valence electrons. The maximum Gasteiger partial charge on any atom is 0.335 e. The molecule has 2 heterocycles. The third-order valence-electron chi connectivity index (χ3n) is 3.29. The number of ether oxygens (including phenoxy) is 1. The minimum Gasteiger partial charge on any atom is -0.497 e. The average molecular weight is 312 g/mol. The van der Waals surface area contributed by atoms with Crippen LogP contribution in [0.25, 0.3) is 6.08 Å². The molecular weight excluding hydrogens is 300 g/mol. The van der Waals surface area contributed by atoms with Crippen LogP contribution in [-0.2, 0) is 9.59 Å². The minimum absolute atomic E-state index is 0.151. The summed E-state index contributed by atoms with van der Waals surface area (Å²) in [6, 6.07) is 7.15. The molecule has 4 amide bonds. The molecular formula is C16H12N2O5. The molecule has 1 saturated heterocycles. The summed E-state index contributed by atoms with van der Waals surface area (Å²) in [7, 11) is 1.51. The van der Waals surface area contributed by atoms with Crippen molar-refractivity contribution in [1.82, 2.24) is 5.32 Å². The second-order valence-electron chi connectivity index (χ2n) is 4.71. The summed E-state index contributed by atoms with van der Waals surface area (Å²) in [4.78, 5) is 37.4. The molecule has 3 rings (SSSR count). The first-order valence-corrected chi connectivity index (χ1v) is 6.68. The maximum atomic E-state index is 12.5. The van der Waals surface area contributed by atoms with Crippen molar-refractivity contribution in [3.8, 4) is 5.75 Å². The fourth-order valence-electron chi connectivity index (χ4n) is 2.15. The van der Waals surface area contributed by atoms with Gasteiger partial charge in [0.15, 0.2) is 0 Å². The number of rotatable bonds is 3. The number of urea groups is 1. The fraction of sp³-hybridized carbons (Fsp3) is 0.0625. The molecule has 0 unspecified atom stereocenters. The van der Waals surface area contributed by atoms with E-state index in [1.165, 1.54) is 25.7 Å². The number of nitrogens with zero attached hydrogens (tertiary/aromatic N) is 1. The first kappa shape index (κ1) is 14.6. The topological polar surface area (TPSA) is 88.8 Å². The zero-order valence-corrected chi connectivity index (χ0v) is 12.1. The van der Waals surface area contributed by atoms with Gasteiger partial charge in [-0.3, -0.25) is 14.9 Å². The standard InChI is InChI=1S/C16H12N2O5/c1-22-12-4-2-11(3-5-12)18-15(20)13(14(19)17-16(18)21)8-10-6-7-23-9-10/h2-9H,1H3,(H,17,19,21)/b13-8-. The van der Waals surface area contributed by atoms with Gasteiger partial charge in [0.2, 0.25) is 0 Å². The normalized spacial score (nSPS) is 16.7. The van der Waals surface area contributed by atoms with E-state index in [0.717, 1.165) is 4.90 Å². The third kappa shape index (κ3) is 2.71. The summed E-state index contributed by atoms with van der Waals surface area (Å²) in [5, 5.41) is 2.15. The van der Waals surface area contributed by atoms with Gasteiger partial charge in [-0.15, -0.1) is 0 Å². The van der Waals surface area contributed by atoms with Gasteiger partial charge in [-0.05, 0) is 36.4 Å². The molecule has 1 fully saturated rings. The van der Waals surface area contributed by atoms with Crippen LogP contribution >= 0.6 is 0 Å². The Bertz CT molecular complexity index is 790. The number of hydrogen-bond donors (Lipinski definition) is 1. The van der Waals surface area contributed by atoms with Gasteiger partial charge < -0.3 is 9.15 Å². The molecule has 0 radical (unpaired) electrons. The molecule has 1 N–H and O–H groups in total. The summed E-state index contributed by atoms with van der Waals surface area (Å²) in [6.45, 7) is 0. The van der Waals surface area contributed by atoms with Crippen LogP contribution in [0.3, 0.4) is 0 Å². The van der Waals surface area contributed by atoms with Crippen molar-refractivity contribution in [2.24, 2.45) is 0 Å². The van der Waals surface area contributed by atoms with Crippen LogP contribution in [0.5, 0.6) is 5.75 Å². The lowest BCUT2D eigenvalue weighted by Gasteiger charge is -2.26. The molecule has 1 aliphatic heterocycles. The van der Waals surface area contributed by atoms with Crippen molar-refractivity contribution in [3.63, 3.8) is 0 Å². The number of amides is 4. The van der Waals surface area contributed by atoms with Crippen LogP contribution in [0.1, 0.15) is 5.56 Å². The van der Waals surface area contributed by atoms with Gasteiger partial charge in [-0.2, -0.15) is 0 Å². The predicted octanol–water partition coefficient (Wildman–Crippen LogP) is 1.95. The Balaban J connectivity index is 1.98. The molecule has 0 aliphatic carbocycles. The lowest BCUT2D eigenvalue weighted by atomic mass is 10.1. The first-order valence-electron chi connectivity index (χ1n) is 6.68. The van der Waals surface area contributed by atoms with Crippen molar-refractivity contribution in [2.45, 2.75) is 0 Å². The number of hydrogen-bond acceptors (Lipinski definition) is 5. The van der Waals surface area contributed by atoms with Crippen molar-refractivity contribution in [3.05, 3.63) is 54.0 Å². The molecule has 0 saturated carbocycles. The van der Waals surface area contributed by atoms with Crippen molar-refractivity contribution in [2.75, 3.05) is 12.0 Å². The Morgan fingerprint density at radius 3 is 2.48 bits per heavy atom. The van der Waals surface area contributed by atoms with E-state index < -0.39 is 17.8 Å². The number of imide groups is 2. The first-order chi connectivity index (χ1) is 11.1. The van der Waals surface area contributed by atoms with Crippen LogP contribution in [0.15, 0.2) is 52.8 Å². The zero-order valence-electron chi connectivity index (χ0n) is 12.1. The molecule has 2 aromatic rings. The number of nitrogens with one attached hydrogen (secondary N) is 1. The van der Waals surface area contributed by atoms with Crippen LogP contribution in [0, 0.1) is 0 Å². The van der Waals surface area contributed by atoms with Crippen LogP contribution < -0.4 is 15.0 Å². The van der Waals surface area contributed by atoms with Crippen LogP contribution in [-0.4, -0.2) is 25.0 Å². The zero-order chi connectivity index (χ0) is 16.4. The Morgan fingerprint density at radius 2 is 1.87 bits per heavy atom. The monoisotopic (exact) mass is 312 g/mol. The van der Waals surface area contributed by atoms with Gasteiger partial charge in [-0.1, -0.05) is 0 Å². The minimum atomic E-state index is -0.797. The van der Waals surface area contributed by atoms with E-state index in [4.69, 9.17) is 9.15 Å². The van der Waals surface area contributed by atoms with E-state index in [-0.39, 0.29) is 5.57 Å². The molecule has 1 aliphatic rings. The van der Waals surface area contributed by atoms with Crippen LogP contribution in [0.2, 0.25) is 0 Å². The van der Waals surface area contributed by atoms with Gasteiger partial charge in [0.25, 0.3) is 11.8 Å². The maximum absolute atomic E-state index is 12.5. The molecule has 7 nitrogen and oxygen atoms in total. The highest BCUT2D eigenvalue weighted by molar-refractivity contribution is 6.39. The van der Waals surface area contributed by atoms with E-state index in [1.54, 1.807) is 30.3 Å². The number of furan rings is 1. The summed E-state index contributed by atoms with van der Waals surface area (Å²) in [5.41, 5.74) is 0.730. The van der Waals surface area contributed by atoms with Gasteiger partial charge in [0.1, 0.15) is 11.3 Å². The number of benzene rings is 1. The Kier molecular flexibility index (Phi) is 3.68. The molecule has 0 spiro atoms. The van der Waals surface area contributed by atoms with Crippen molar-refractivity contribution < 1.29 is 23.5 Å². The smallest absolute Gasteiger partial charge is 0.335 e. The second-order valence-corrected chi connectivity index (χ2v) is 4.71. The largest absolute Gasteiger partial charge is 0.497 e. The quantitative estimate of drug-likeness (QED) is 0.691. The molecule has 7 heteroatoms. The van der Waals surface area contributed by atoms with Crippen LogP contribution in [0.4, 0.5) is 10.5 Å². The van der Waals surface area contributed by atoms with Crippen molar-refractivity contribution in [1.29, 1.82) is 0 Å². The molecule has 0 bridgehead atoms. The number of carbonyl (C=O) groups excluding carboxylic acids is 3. The van der Waals surface area contributed by atoms with E-state index in [1.807, 2.05) is 0 Å². The van der Waals surface area contributed by atoms with Gasteiger partial charge in [0.05, 0.1) is 25.3 Å². The van der Waals surface area contributed by atoms with E-state index in [9.17, 15) is 14.4 Å². The lowest BCUT2D eigenvalue weighted by Crippen LogP contribution is -2.54. The summed E-state index contributed by atoms with van der Waals surface area (Å²) in [5.74, 6) is -0.861. The van der Waals surface area contributed by atoms with Gasteiger partial charge in [0, 0.05) is 5.56 Å². The SMILES string of the molecule is COc1ccc(N2C(=O)NC(=O)/C(=C/c3ccoc3)C2=O)cc1. The van der Waals surface area contributed by atoms with E-state index in [0.29, 0.717) is 17.0 Å². The summed E-state index contributed by atoms with van der Waals surface area (Å²) in [6.07, 6.45) is 4.18.